The van der Waals surface area contributed by atoms with Crippen LogP contribution in [0.4, 0.5) is 0 Å². The van der Waals surface area contributed by atoms with Crippen molar-refractivity contribution in [2.75, 3.05) is 19.7 Å². The molecule has 116 valence electrons. The van der Waals surface area contributed by atoms with Gasteiger partial charge in [-0.15, -0.1) is 0 Å². The first-order valence-corrected chi connectivity index (χ1v) is 8.55. The Morgan fingerprint density at radius 1 is 1.38 bits per heavy atom. The maximum atomic E-state index is 6.17. The fourth-order valence-corrected chi connectivity index (χ4v) is 3.95. The van der Waals surface area contributed by atoms with E-state index in [1.54, 1.807) is 0 Å². The minimum atomic E-state index is 0.368. The summed E-state index contributed by atoms with van der Waals surface area (Å²) in [6.07, 6.45) is 7.61. The van der Waals surface area contributed by atoms with E-state index in [1.165, 1.54) is 49.8 Å². The Morgan fingerprint density at radius 2 is 2.29 bits per heavy atom. The molecule has 0 amide bonds. The number of benzene rings is 1. The number of piperidine rings is 1. The van der Waals surface area contributed by atoms with Crippen LogP contribution in [0.25, 0.3) is 0 Å². The number of hydrogen-bond acceptors (Lipinski definition) is 3. The standard InChI is InChI=1S/C18H28N2O/c1-2-5-16-6-3-4-10-20(16)17(13-19)14-7-8-18-15(12-14)9-11-21-18/h7-8,12,16-17H,2-6,9-11,13,19H2,1H3. The molecular formula is C18H28N2O. The number of hydrogen-bond donors (Lipinski definition) is 1. The van der Waals surface area contributed by atoms with Gasteiger partial charge in [-0.2, -0.15) is 0 Å². The molecule has 0 saturated carbocycles. The number of nitrogens with two attached hydrogens (primary N) is 1. The highest BCUT2D eigenvalue weighted by Crippen LogP contribution is 2.33. The summed E-state index contributed by atoms with van der Waals surface area (Å²) in [6.45, 7) is 5.02. The smallest absolute Gasteiger partial charge is 0.122 e. The summed E-state index contributed by atoms with van der Waals surface area (Å²) in [5, 5.41) is 0. The van der Waals surface area contributed by atoms with Gasteiger partial charge in [-0.25, -0.2) is 0 Å². The van der Waals surface area contributed by atoms with Crippen molar-refractivity contribution in [2.45, 2.75) is 57.5 Å². The second-order valence-electron chi connectivity index (χ2n) is 6.39. The first kappa shape index (κ1) is 14.9. The summed E-state index contributed by atoms with van der Waals surface area (Å²) in [4.78, 5) is 2.67. The molecule has 3 rings (SSSR count). The first-order chi connectivity index (χ1) is 10.3. The lowest BCUT2D eigenvalue weighted by molar-refractivity contribution is 0.0912. The Balaban J connectivity index is 1.82. The average Bonchev–Trinajstić information content (AvgIpc) is 2.98. The molecule has 1 aromatic carbocycles. The van der Waals surface area contributed by atoms with E-state index in [0.717, 1.165) is 18.8 Å². The van der Waals surface area contributed by atoms with Gasteiger partial charge in [-0.05, 0) is 43.0 Å². The fourth-order valence-electron chi connectivity index (χ4n) is 3.95. The van der Waals surface area contributed by atoms with Crippen LogP contribution in [0.5, 0.6) is 5.75 Å². The van der Waals surface area contributed by atoms with Crippen LogP contribution in [-0.2, 0) is 6.42 Å². The second-order valence-corrected chi connectivity index (χ2v) is 6.39. The predicted octanol–water partition coefficient (Wildman–Crippen LogP) is 3.28. The summed E-state index contributed by atoms with van der Waals surface area (Å²) in [5.74, 6) is 1.07. The van der Waals surface area contributed by atoms with E-state index in [0.29, 0.717) is 18.6 Å². The average molecular weight is 288 g/mol. The van der Waals surface area contributed by atoms with Crippen LogP contribution in [0, 0.1) is 0 Å². The third kappa shape index (κ3) is 3.09. The Morgan fingerprint density at radius 3 is 3.10 bits per heavy atom. The SMILES string of the molecule is CCCC1CCCCN1C(CN)c1ccc2c(c1)CCO2. The highest BCUT2D eigenvalue weighted by atomic mass is 16.5. The number of nitrogens with zero attached hydrogens (tertiary/aromatic N) is 1. The van der Waals surface area contributed by atoms with E-state index in [2.05, 4.69) is 30.0 Å². The van der Waals surface area contributed by atoms with E-state index in [-0.39, 0.29) is 0 Å². The lowest BCUT2D eigenvalue weighted by Crippen LogP contribution is -2.44. The van der Waals surface area contributed by atoms with Crippen molar-refractivity contribution in [2.24, 2.45) is 5.73 Å². The number of ether oxygens (including phenoxy) is 1. The molecule has 1 aromatic rings. The summed E-state index contributed by atoms with van der Waals surface area (Å²) < 4.78 is 5.63. The topological polar surface area (TPSA) is 38.5 Å². The molecule has 2 atom stereocenters. The summed E-state index contributed by atoms with van der Waals surface area (Å²) in [7, 11) is 0. The molecule has 2 N–H and O–H groups in total. The van der Waals surface area contributed by atoms with Crippen molar-refractivity contribution in [3.8, 4) is 5.75 Å². The molecule has 0 bridgehead atoms. The number of rotatable bonds is 5. The lowest BCUT2D eigenvalue weighted by Gasteiger charge is -2.41. The molecule has 0 aromatic heterocycles. The van der Waals surface area contributed by atoms with Gasteiger partial charge in [-0.3, -0.25) is 4.90 Å². The van der Waals surface area contributed by atoms with E-state index < -0.39 is 0 Å². The molecule has 1 saturated heterocycles. The molecule has 2 aliphatic rings. The van der Waals surface area contributed by atoms with Crippen molar-refractivity contribution in [3.05, 3.63) is 29.3 Å². The zero-order valence-corrected chi connectivity index (χ0v) is 13.2. The third-order valence-electron chi connectivity index (χ3n) is 5.02. The van der Waals surface area contributed by atoms with Crippen LogP contribution in [0.15, 0.2) is 18.2 Å². The van der Waals surface area contributed by atoms with Crippen LogP contribution >= 0.6 is 0 Å². The maximum absolute atomic E-state index is 6.17. The second kappa shape index (κ2) is 6.80. The molecule has 2 aliphatic heterocycles. The monoisotopic (exact) mass is 288 g/mol. The van der Waals surface area contributed by atoms with Crippen LogP contribution in [-0.4, -0.2) is 30.6 Å². The third-order valence-corrected chi connectivity index (χ3v) is 5.02. The zero-order valence-electron chi connectivity index (χ0n) is 13.2. The van der Waals surface area contributed by atoms with Gasteiger partial charge in [0.25, 0.3) is 0 Å². The van der Waals surface area contributed by atoms with Crippen molar-refractivity contribution >= 4 is 0 Å². The lowest BCUT2D eigenvalue weighted by atomic mass is 9.93. The van der Waals surface area contributed by atoms with Crippen molar-refractivity contribution < 1.29 is 4.74 Å². The Kier molecular flexibility index (Phi) is 4.81. The van der Waals surface area contributed by atoms with Gasteiger partial charge >= 0.3 is 0 Å². The Labute approximate surface area is 128 Å². The zero-order chi connectivity index (χ0) is 14.7. The highest BCUT2D eigenvalue weighted by Gasteiger charge is 2.29. The Bertz CT molecular complexity index is 472. The van der Waals surface area contributed by atoms with Gasteiger partial charge in [-0.1, -0.05) is 31.9 Å². The van der Waals surface area contributed by atoms with Crippen molar-refractivity contribution in [1.82, 2.24) is 4.90 Å². The minimum absolute atomic E-state index is 0.368. The number of fused-ring (bicyclic) bond motifs is 1. The first-order valence-electron chi connectivity index (χ1n) is 8.55. The van der Waals surface area contributed by atoms with Crippen LogP contribution in [0.1, 0.15) is 56.2 Å². The van der Waals surface area contributed by atoms with Crippen molar-refractivity contribution in [1.29, 1.82) is 0 Å². The van der Waals surface area contributed by atoms with Gasteiger partial charge in [0, 0.05) is 25.0 Å². The molecule has 0 spiro atoms. The Hall–Kier alpha value is -1.06. The summed E-state index contributed by atoms with van der Waals surface area (Å²) in [6, 6.07) is 7.77. The highest BCUT2D eigenvalue weighted by molar-refractivity contribution is 5.41. The molecule has 0 aliphatic carbocycles. The molecule has 21 heavy (non-hydrogen) atoms. The van der Waals surface area contributed by atoms with Gasteiger partial charge in [0.1, 0.15) is 5.75 Å². The van der Waals surface area contributed by atoms with Gasteiger partial charge < -0.3 is 10.5 Å². The quantitative estimate of drug-likeness (QED) is 0.903. The van der Waals surface area contributed by atoms with Gasteiger partial charge in [0.2, 0.25) is 0 Å². The minimum Gasteiger partial charge on any atom is -0.493 e. The van der Waals surface area contributed by atoms with Gasteiger partial charge in [0.15, 0.2) is 0 Å². The molecule has 0 radical (unpaired) electrons. The maximum Gasteiger partial charge on any atom is 0.122 e. The van der Waals surface area contributed by atoms with Crippen LogP contribution in [0.3, 0.4) is 0 Å². The van der Waals surface area contributed by atoms with E-state index >= 15 is 0 Å². The molecule has 2 heterocycles. The molecular weight excluding hydrogens is 260 g/mol. The van der Waals surface area contributed by atoms with E-state index in [1.807, 2.05) is 0 Å². The van der Waals surface area contributed by atoms with Gasteiger partial charge in [0.05, 0.1) is 6.61 Å². The largest absolute Gasteiger partial charge is 0.493 e. The molecule has 2 unspecified atom stereocenters. The van der Waals surface area contributed by atoms with E-state index in [4.69, 9.17) is 10.5 Å². The predicted molar refractivity (Wildman–Crippen MR) is 86.7 cm³/mol. The number of likely N-dealkylation sites (tertiary alicyclic amines) is 1. The van der Waals surface area contributed by atoms with E-state index in [9.17, 15) is 0 Å². The van der Waals surface area contributed by atoms with Crippen LogP contribution in [0.2, 0.25) is 0 Å². The summed E-state index contributed by atoms with van der Waals surface area (Å²) >= 11 is 0. The molecule has 1 fully saturated rings. The summed E-state index contributed by atoms with van der Waals surface area (Å²) in [5.41, 5.74) is 8.90. The fraction of sp³-hybridized carbons (Fsp3) is 0.667. The van der Waals surface area contributed by atoms with Crippen LogP contribution < -0.4 is 10.5 Å². The molecule has 3 nitrogen and oxygen atoms in total. The normalized spacial score (nSPS) is 23.6. The molecule has 3 heteroatoms. The van der Waals surface area contributed by atoms with Crippen molar-refractivity contribution in [3.63, 3.8) is 0 Å².